The second-order valence-electron chi connectivity index (χ2n) is 3.74. The summed E-state index contributed by atoms with van der Waals surface area (Å²) in [6.07, 6.45) is 1.70. The first-order valence-electron chi connectivity index (χ1n) is 5.20. The van der Waals surface area contributed by atoms with Gasteiger partial charge in [0, 0.05) is 6.61 Å². The molecule has 0 saturated heterocycles. The molecular weight excluding hydrogens is 192 g/mol. The van der Waals surface area contributed by atoms with Gasteiger partial charge in [-0.15, -0.1) is 0 Å². The van der Waals surface area contributed by atoms with E-state index in [0.717, 1.165) is 24.3 Å². The fourth-order valence-corrected chi connectivity index (χ4v) is 1.77. The van der Waals surface area contributed by atoms with E-state index in [0.29, 0.717) is 12.3 Å². The Morgan fingerprint density at radius 3 is 3.20 bits per heavy atom. The van der Waals surface area contributed by atoms with Crippen LogP contribution in [0.5, 0.6) is 5.75 Å². The molecule has 0 saturated carbocycles. The Labute approximate surface area is 89.0 Å². The lowest BCUT2D eigenvalue weighted by Gasteiger charge is -2.28. The maximum absolute atomic E-state index is 8.75. The van der Waals surface area contributed by atoms with E-state index in [1.165, 1.54) is 0 Å². The van der Waals surface area contributed by atoms with Gasteiger partial charge in [0.15, 0.2) is 5.75 Å². The molecule has 15 heavy (non-hydrogen) atoms. The summed E-state index contributed by atoms with van der Waals surface area (Å²) < 4.78 is 5.59. The number of aliphatic hydroxyl groups is 1. The smallest absolute Gasteiger partial charge is 0.165 e. The molecule has 4 nitrogen and oxygen atoms in total. The third-order valence-corrected chi connectivity index (χ3v) is 2.54. The summed E-state index contributed by atoms with van der Waals surface area (Å²) in [5.74, 6) is 0.748. The minimum atomic E-state index is 0.224. The predicted octanol–water partition coefficient (Wildman–Crippen LogP) is 1.21. The number of ether oxygens (including phenoxy) is 1. The van der Waals surface area contributed by atoms with Crippen molar-refractivity contribution in [2.75, 3.05) is 24.3 Å². The predicted molar refractivity (Wildman–Crippen MR) is 60.1 cm³/mol. The van der Waals surface area contributed by atoms with Crippen LogP contribution in [-0.4, -0.2) is 24.4 Å². The molecular formula is C11H16N2O2. The summed E-state index contributed by atoms with van der Waals surface area (Å²) in [7, 11) is 0. The largest absolute Gasteiger partial charge is 0.487 e. The topological polar surface area (TPSA) is 67.5 Å². The SMILES string of the molecule is Nc1cccc2c1OCC(CCCO)N2. The van der Waals surface area contributed by atoms with Gasteiger partial charge >= 0.3 is 0 Å². The lowest BCUT2D eigenvalue weighted by atomic mass is 10.1. The molecule has 0 aliphatic carbocycles. The van der Waals surface area contributed by atoms with Crippen molar-refractivity contribution in [3.8, 4) is 5.75 Å². The number of nitrogen functional groups attached to an aromatic ring is 1. The van der Waals surface area contributed by atoms with E-state index >= 15 is 0 Å². The van der Waals surface area contributed by atoms with E-state index < -0.39 is 0 Å². The number of hydrogen-bond donors (Lipinski definition) is 3. The van der Waals surface area contributed by atoms with Crippen LogP contribution in [0.25, 0.3) is 0 Å². The molecule has 0 spiro atoms. The number of fused-ring (bicyclic) bond motifs is 1. The number of benzene rings is 1. The summed E-state index contributed by atoms with van der Waals surface area (Å²) in [6, 6.07) is 5.95. The average Bonchev–Trinajstić information content (AvgIpc) is 2.26. The minimum Gasteiger partial charge on any atom is -0.487 e. The number of hydrogen-bond acceptors (Lipinski definition) is 4. The van der Waals surface area contributed by atoms with Crippen LogP contribution in [-0.2, 0) is 0 Å². The van der Waals surface area contributed by atoms with E-state index in [4.69, 9.17) is 15.6 Å². The van der Waals surface area contributed by atoms with Crippen LogP contribution in [0.4, 0.5) is 11.4 Å². The number of nitrogens with one attached hydrogen (secondary N) is 1. The second-order valence-corrected chi connectivity index (χ2v) is 3.74. The highest BCUT2D eigenvalue weighted by Gasteiger charge is 2.19. The summed E-state index contributed by atoms with van der Waals surface area (Å²) in [5, 5.41) is 12.1. The third-order valence-electron chi connectivity index (χ3n) is 2.54. The van der Waals surface area contributed by atoms with Crippen molar-refractivity contribution < 1.29 is 9.84 Å². The highest BCUT2D eigenvalue weighted by atomic mass is 16.5. The molecule has 0 fully saturated rings. The van der Waals surface area contributed by atoms with Crippen molar-refractivity contribution in [3.63, 3.8) is 0 Å². The molecule has 1 aromatic carbocycles. The molecule has 0 amide bonds. The van der Waals surface area contributed by atoms with Crippen molar-refractivity contribution in [3.05, 3.63) is 18.2 Å². The van der Waals surface area contributed by atoms with E-state index in [1.54, 1.807) is 0 Å². The molecule has 1 atom stereocenters. The fourth-order valence-electron chi connectivity index (χ4n) is 1.77. The average molecular weight is 208 g/mol. The zero-order chi connectivity index (χ0) is 10.7. The molecule has 1 heterocycles. The Morgan fingerprint density at radius 2 is 2.40 bits per heavy atom. The lowest BCUT2D eigenvalue weighted by molar-refractivity contribution is 0.250. The quantitative estimate of drug-likeness (QED) is 0.653. The number of rotatable bonds is 3. The molecule has 1 aliphatic heterocycles. The molecule has 0 bridgehead atoms. The third kappa shape index (κ3) is 2.15. The number of nitrogens with two attached hydrogens (primary N) is 1. The molecule has 4 heteroatoms. The summed E-state index contributed by atoms with van der Waals surface area (Å²) in [4.78, 5) is 0. The number of aliphatic hydroxyl groups excluding tert-OH is 1. The molecule has 1 aromatic rings. The molecule has 82 valence electrons. The first-order valence-corrected chi connectivity index (χ1v) is 5.20. The van der Waals surface area contributed by atoms with Gasteiger partial charge in [-0.1, -0.05) is 6.07 Å². The summed E-state index contributed by atoms with van der Waals surface area (Å²) in [5.41, 5.74) is 7.40. The van der Waals surface area contributed by atoms with Crippen LogP contribution >= 0.6 is 0 Å². The Bertz CT molecular complexity index is 341. The van der Waals surface area contributed by atoms with Crippen LogP contribution in [0.3, 0.4) is 0 Å². The normalized spacial score (nSPS) is 18.9. The highest BCUT2D eigenvalue weighted by molar-refractivity contribution is 5.70. The molecule has 1 aliphatic rings. The van der Waals surface area contributed by atoms with Crippen LogP contribution in [0, 0.1) is 0 Å². The highest BCUT2D eigenvalue weighted by Crippen LogP contribution is 2.34. The maximum Gasteiger partial charge on any atom is 0.165 e. The van der Waals surface area contributed by atoms with Gasteiger partial charge in [-0.25, -0.2) is 0 Å². The van der Waals surface area contributed by atoms with Crippen molar-refractivity contribution in [2.45, 2.75) is 18.9 Å². The molecule has 2 rings (SSSR count). The Balaban J connectivity index is 2.07. The van der Waals surface area contributed by atoms with E-state index in [9.17, 15) is 0 Å². The molecule has 4 N–H and O–H groups in total. The zero-order valence-corrected chi connectivity index (χ0v) is 8.57. The van der Waals surface area contributed by atoms with Gasteiger partial charge in [-0.2, -0.15) is 0 Å². The lowest BCUT2D eigenvalue weighted by Crippen LogP contribution is -2.31. The van der Waals surface area contributed by atoms with Crippen LogP contribution < -0.4 is 15.8 Å². The van der Waals surface area contributed by atoms with E-state index in [-0.39, 0.29) is 12.6 Å². The van der Waals surface area contributed by atoms with Gasteiger partial charge in [0.25, 0.3) is 0 Å². The first-order chi connectivity index (χ1) is 7.31. The van der Waals surface area contributed by atoms with Crippen LogP contribution in [0.15, 0.2) is 18.2 Å². The second kappa shape index (κ2) is 4.40. The molecule has 0 radical (unpaired) electrons. The van der Waals surface area contributed by atoms with E-state index in [2.05, 4.69) is 5.32 Å². The van der Waals surface area contributed by atoms with Gasteiger partial charge in [-0.05, 0) is 25.0 Å². The van der Waals surface area contributed by atoms with Crippen molar-refractivity contribution in [2.24, 2.45) is 0 Å². The van der Waals surface area contributed by atoms with Gasteiger partial charge in [0.2, 0.25) is 0 Å². The Hall–Kier alpha value is -1.42. The van der Waals surface area contributed by atoms with E-state index in [1.807, 2.05) is 18.2 Å². The van der Waals surface area contributed by atoms with Gasteiger partial charge in [0.1, 0.15) is 6.61 Å². The van der Waals surface area contributed by atoms with Crippen LogP contribution in [0.2, 0.25) is 0 Å². The van der Waals surface area contributed by atoms with Crippen LogP contribution in [0.1, 0.15) is 12.8 Å². The summed E-state index contributed by atoms with van der Waals surface area (Å²) in [6.45, 7) is 0.836. The zero-order valence-electron chi connectivity index (χ0n) is 8.57. The van der Waals surface area contributed by atoms with Crippen molar-refractivity contribution in [1.29, 1.82) is 0 Å². The molecule has 1 unspecified atom stereocenters. The van der Waals surface area contributed by atoms with Gasteiger partial charge in [0.05, 0.1) is 17.4 Å². The van der Waals surface area contributed by atoms with Gasteiger partial charge < -0.3 is 20.9 Å². The fraction of sp³-hybridized carbons (Fsp3) is 0.455. The van der Waals surface area contributed by atoms with Crippen molar-refractivity contribution in [1.82, 2.24) is 0 Å². The minimum absolute atomic E-state index is 0.224. The number of para-hydroxylation sites is 1. The first kappa shape index (κ1) is 10.1. The Morgan fingerprint density at radius 1 is 1.53 bits per heavy atom. The standard InChI is InChI=1S/C11H16N2O2/c12-9-4-1-5-10-11(9)15-7-8(13-10)3-2-6-14/h1,4-5,8,13-14H,2-3,6-7,12H2. The maximum atomic E-state index is 8.75. The van der Waals surface area contributed by atoms with Gasteiger partial charge in [-0.3, -0.25) is 0 Å². The monoisotopic (exact) mass is 208 g/mol. The Kier molecular flexibility index (Phi) is 2.97. The number of anilines is 2. The van der Waals surface area contributed by atoms with Crippen molar-refractivity contribution >= 4 is 11.4 Å². The molecule has 0 aromatic heterocycles. The summed E-state index contributed by atoms with van der Waals surface area (Å²) >= 11 is 0.